The van der Waals surface area contributed by atoms with E-state index >= 15 is 0 Å². The summed E-state index contributed by atoms with van der Waals surface area (Å²) in [4.78, 5) is 24.7. The summed E-state index contributed by atoms with van der Waals surface area (Å²) in [5, 5.41) is 2.70. The molecule has 0 heterocycles. The fourth-order valence-corrected chi connectivity index (χ4v) is 3.97. The van der Waals surface area contributed by atoms with Gasteiger partial charge in [0.2, 0.25) is 5.91 Å². The van der Waals surface area contributed by atoms with Crippen LogP contribution in [0, 0.1) is 5.92 Å². The van der Waals surface area contributed by atoms with Gasteiger partial charge in [0, 0.05) is 5.75 Å². The van der Waals surface area contributed by atoms with E-state index < -0.39 is 23.5 Å². The van der Waals surface area contributed by atoms with E-state index in [4.69, 9.17) is 9.47 Å². The zero-order valence-corrected chi connectivity index (χ0v) is 19.7. The third kappa shape index (κ3) is 5.64. The van der Waals surface area contributed by atoms with E-state index in [1.165, 1.54) is 7.11 Å². The molecule has 3 rings (SSSR count). The zero-order valence-electron chi connectivity index (χ0n) is 18.8. The van der Waals surface area contributed by atoms with Gasteiger partial charge in [0.15, 0.2) is 0 Å². The van der Waals surface area contributed by atoms with E-state index in [-0.39, 0.29) is 18.3 Å². The molecule has 0 spiro atoms. The number of esters is 1. The summed E-state index contributed by atoms with van der Waals surface area (Å²) < 4.78 is 11.4. The smallest absolute Gasteiger partial charge is 0.329 e. The fraction of sp³-hybridized carbons (Fsp3) is 0.259. The van der Waals surface area contributed by atoms with Crippen molar-refractivity contribution in [1.29, 1.82) is 0 Å². The molecule has 172 valence electrons. The molecule has 0 saturated carbocycles. The third-order valence-electron chi connectivity index (χ3n) is 5.52. The Morgan fingerprint density at radius 2 is 1.27 bits per heavy atom. The lowest BCUT2D eigenvalue weighted by Crippen LogP contribution is -2.46. The third-order valence-corrected chi connectivity index (χ3v) is 5.89. The topological polar surface area (TPSA) is 64.6 Å². The minimum Gasteiger partial charge on any atom is -0.467 e. The summed E-state index contributed by atoms with van der Waals surface area (Å²) in [7, 11) is 1.28. The second-order valence-electron chi connectivity index (χ2n) is 7.76. The molecular weight excluding hydrogens is 434 g/mol. The maximum atomic E-state index is 12.8. The first-order chi connectivity index (χ1) is 16.0. The molecule has 0 saturated heterocycles. The number of carbonyl (C=O) groups excluding carboxylic acids is 2. The predicted octanol–water partition coefficient (Wildman–Crippen LogP) is 4.22. The van der Waals surface area contributed by atoms with E-state index in [0.29, 0.717) is 0 Å². The number of methoxy groups -OCH3 is 1. The summed E-state index contributed by atoms with van der Waals surface area (Å²) in [5.41, 5.74) is 1.96. The minimum atomic E-state index is -0.913. The fourth-order valence-electron chi connectivity index (χ4n) is 3.73. The first kappa shape index (κ1) is 24.6. The van der Waals surface area contributed by atoms with Crippen molar-refractivity contribution in [1.82, 2.24) is 5.32 Å². The van der Waals surface area contributed by atoms with Gasteiger partial charge >= 0.3 is 5.97 Å². The van der Waals surface area contributed by atoms with Crippen molar-refractivity contribution in [3.8, 4) is 0 Å². The SMILES string of the molecule is COC(=O)C(CS)NC(=O)C(C)COC(c1ccccc1)(c1ccccc1)c1ccccc1. The summed E-state index contributed by atoms with van der Waals surface area (Å²) in [5.74, 6) is -1.21. The lowest BCUT2D eigenvalue weighted by molar-refractivity contribution is -0.145. The second kappa shape index (κ2) is 11.7. The van der Waals surface area contributed by atoms with Crippen molar-refractivity contribution in [2.24, 2.45) is 5.92 Å². The van der Waals surface area contributed by atoms with Gasteiger partial charge < -0.3 is 14.8 Å². The number of rotatable bonds is 10. The van der Waals surface area contributed by atoms with Crippen LogP contribution in [0.5, 0.6) is 0 Å². The lowest BCUT2D eigenvalue weighted by Gasteiger charge is -2.36. The van der Waals surface area contributed by atoms with Crippen LogP contribution in [0.25, 0.3) is 0 Å². The van der Waals surface area contributed by atoms with Crippen LogP contribution in [0.1, 0.15) is 23.6 Å². The number of benzene rings is 3. The Balaban J connectivity index is 1.96. The van der Waals surface area contributed by atoms with Crippen LogP contribution < -0.4 is 5.32 Å². The van der Waals surface area contributed by atoms with Gasteiger partial charge in [-0.05, 0) is 16.7 Å². The predicted molar refractivity (Wildman–Crippen MR) is 132 cm³/mol. The molecule has 0 aromatic heterocycles. The van der Waals surface area contributed by atoms with Crippen LogP contribution in [0.4, 0.5) is 0 Å². The van der Waals surface area contributed by atoms with E-state index in [2.05, 4.69) is 17.9 Å². The molecule has 1 N–H and O–H groups in total. The first-order valence-electron chi connectivity index (χ1n) is 10.8. The van der Waals surface area contributed by atoms with Crippen molar-refractivity contribution in [3.05, 3.63) is 108 Å². The van der Waals surface area contributed by atoms with Crippen molar-refractivity contribution in [3.63, 3.8) is 0 Å². The lowest BCUT2D eigenvalue weighted by atomic mass is 9.80. The van der Waals surface area contributed by atoms with Crippen LogP contribution >= 0.6 is 12.6 Å². The maximum Gasteiger partial charge on any atom is 0.329 e. The number of ether oxygens (including phenoxy) is 2. The molecule has 5 nitrogen and oxygen atoms in total. The molecule has 33 heavy (non-hydrogen) atoms. The number of thiol groups is 1. The molecule has 0 aliphatic rings. The summed E-state index contributed by atoms with van der Waals surface area (Å²) in [6.45, 7) is 1.90. The van der Waals surface area contributed by atoms with Gasteiger partial charge in [-0.25, -0.2) is 4.79 Å². The van der Waals surface area contributed by atoms with Crippen molar-refractivity contribution in [2.45, 2.75) is 18.6 Å². The van der Waals surface area contributed by atoms with Crippen LogP contribution in [-0.4, -0.2) is 37.4 Å². The number of hydrogen-bond donors (Lipinski definition) is 2. The number of carbonyl (C=O) groups is 2. The zero-order chi connectivity index (χ0) is 23.7. The number of amides is 1. The van der Waals surface area contributed by atoms with Gasteiger partial charge in [0.05, 0.1) is 19.6 Å². The van der Waals surface area contributed by atoms with Gasteiger partial charge in [-0.1, -0.05) is 97.9 Å². The van der Waals surface area contributed by atoms with Crippen LogP contribution in [0.3, 0.4) is 0 Å². The average molecular weight is 464 g/mol. The molecule has 3 aromatic carbocycles. The highest BCUT2D eigenvalue weighted by atomic mass is 32.1. The van der Waals surface area contributed by atoms with Gasteiger partial charge in [-0.2, -0.15) is 12.6 Å². The highest BCUT2D eigenvalue weighted by molar-refractivity contribution is 7.80. The van der Waals surface area contributed by atoms with Crippen molar-refractivity contribution in [2.75, 3.05) is 19.5 Å². The van der Waals surface area contributed by atoms with Gasteiger partial charge in [0.1, 0.15) is 11.6 Å². The quantitative estimate of drug-likeness (QED) is 0.268. The Kier molecular flexibility index (Phi) is 8.69. The summed E-state index contributed by atoms with van der Waals surface area (Å²) in [6, 6.07) is 29.1. The monoisotopic (exact) mass is 463 g/mol. The molecule has 0 aliphatic heterocycles. The molecule has 2 atom stereocenters. The first-order valence-corrected chi connectivity index (χ1v) is 11.5. The second-order valence-corrected chi connectivity index (χ2v) is 8.12. The number of hydrogen-bond acceptors (Lipinski definition) is 5. The summed E-state index contributed by atoms with van der Waals surface area (Å²) >= 11 is 4.15. The average Bonchev–Trinajstić information content (AvgIpc) is 2.88. The molecular formula is C27H29NO4S. The molecule has 0 fully saturated rings. The normalized spacial score (nSPS) is 13.1. The Morgan fingerprint density at radius 1 is 0.848 bits per heavy atom. The summed E-state index contributed by atoms with van der Waals surface area (Å²) in [6.07, 6.45) is 0. The van der Waals surface area contributed by atoms with Crippen LogP contribution in [-0.2, 0) is 24.7 Å². The van der Waals surface area contributed by atoms with E-state index in [0.717, 1.165) is 16.7 Å². The highest BCUT2D eigenvalue weighted by Gasteiger charge is 2.38. The molecule has 1 amide bonds. The Hall–Kier alpha value is -3.09. The van der Waals surface area contributed by atoms with Gasteiger partial charge in [0.25, 0.3) is 0 Å². The molecule has 0 aliphatic carbocycles. The molecule has 2 unspecified atom stereocenters. The molecule has 0 radical (unpaired) electrons. The van der Waals surface area contributed by atoms with Crippen LogP contribution in [0.2, 0.25) is 0 Å². The van der Waals surface area contributed by atoms with E-state index in [1.54, 1.807) is 6.92 Å². The standard InChI is InChI=1S/C27H29NO4S/c1-20(25(29)28-24(19-33)26(30)31-2)18-32-27(21-12-6-3-7-13-21,22-14-8-4-9-15-22)23-16-10-5-11-17-23/h3-17,20,24,33H,18-19H2,1-2H3,(H,28,29). The van der Waals surface area contributed by atoms with Gasteiger partial charge in [-0.15, -0.1) is 0 Å². The van der Waals surface area contributed by atoms with E-state index in [9.17, 15) is 9.59 Å². The minimum absolute atomic E-state index is 0.130. The Morgan fingerprint density at radius 3 is 1.64 bits per heavy atom. The molecule has 3 aromatic rings. The Bertz CT molecular complexity index is 931. The Labute approximate surface area is 200 Å². The molecule has 6 heteroatoms. The van der Waals surface area contributed by atoms with Crippen molar-refractivity contribution >= 4 is 24.5 Å². The number of nitrogens with one attached hydrogen (secondary N) is 1. The largest absolute Gasteiger partial charge is 0.467 e. The maximum absolute atomic E-state index is 12.8. The van der Waals surface area contributed by atoms with Gasteiger partial charge in [-0.3, -0.25) is 4.79 Å². The van der Waals surface area contributed by atoms with Crippen molar-refractivity contribution < 1.29 is 19.1 Å². The molecule has 0 bridgehead atoms. The van der Waals surface area contributed by atoms with Crippen LogP contribution in [0.15, 0.2) is 91.0 Å². The van der Waals surface area contributed by atoms with E-state index in [1.807, 2.05) is 91.0 Å². The highest BCUT2D eigenvalue weighted by Crippen LogP contribution is 2.40.